The molecule has 0 fully saturated rings. The fourth-order valence-corrected chi connectivity index (χ4v) is 1.92. The Kier molecular flexibility index (Phi) is 4.78. The lowest BCUT2D eigenvalue weighted by Gasteiger charge is -2.08. The second-order valence-corrected chi connectivity index (χ2v) is 4.75. The van der Waals surface area contributed by atoms with Gasteiger partial charge in [-0.25, -0.2) is 0 Å². The zero-order valence-corrected chi connectivity index (χ0v) is 11.7. The van der Waals surface area contributed by atoms with E-state index in [0.717, 1.165) is 30.5 Å². The summed E-state index contributed by atoms with van der Waals surface area (Å²) >= 11 is 0. The third-order valence-corrected chi connectivity index (χ3v) is 3.04. The maximum atomic E-state index is 12.7. The van der Waals surface area contributed by atoms with Crippen LogP contribution in [0.25, 0.3) is 17.3 Å². The number of unbranched alkanes of at least 4 members (excludes halogenated alkanes) is 1. The van der Waals surface area contributed by atoms with Gasteiger partial charge in [0, 0.05) is 11.8 Å². The lowest BCUT2D eigenvalue weighted by atomic mass is 10.1. The quantitative estimate of drug-likeness (QED) is 0.716. The van der Waals surface area contributed by atoms with Gasteiger partial charge in [-0.3, -0.25) is 4.98 Å². The van der Waals surface area contributed by atoms with Gasteiger partial charge in [0.25, 0.3) is 0 Å². The molecule has 2 rings (SSSR count). The first-order valence-electron chi connectivity index (χ1n) is 6.81. The van der Waals surface area contributed by atoms with Gasteiger partial charge >= 0.3 is 6.18 Å². The molecular weight excluding hydrogens is 275 g/mol. The van der Waals surface area contributed by atoms with Gasteiger partial charge in [0.15, 0.2) is 0 Å². The minimum atomic E-state index is -4.33. The molecule has 0 saturated carbocycles. The SMILES string of the molecule is CCCC=Cc1ccc(-c2cccc(C(F)(F)F)c2)nc1. The molecule has 1 aromatic carbocycles. The molecule has 0 radical (unpaired) electrons. The van der Waals surface area contributed by atoms with Gasteiger partial charge in [-0.1, -0.05) is 43.7 Å². The van der Waals surface area contributed by atoms with E-state index >= 15 is 0 Å². The van der Waals surface area contributed by atoms with Crippen molar-refractivity contribution >= 4 is 6.08 Å². The minimum absolute atomic E-state index is 0.467. The average Bonchev–Trinajstić information content (AvgIpc) is 2.47. The zero-order chi connectivity index (χ0) is 15.3. The van der Waals surface area contributed by atoms with Crippen molar-refractivity contribution < 1.29 is 13.2 Å². The molecule has 0 aliphatic rings. The van der Waals surface area contributed by atoms with E-state index in [1.54, 1.807) is 18.3 Å². The van der Waals surface area contributed by atoms with E-state index in [1.165, 1.54) is 6.07 Å². The van der Waals surface area contributed by atoms with Crippen molar-refractivity contribution in [2.45, 2.75) is 25.9 Å². The predicted octanol–water partition coefficient (Wildman–Crippen LogP) is 5.58. The molecule has 1 nitrogen and oxygen atoms in total. The van der Waals surface area contributed by atoms with E-state index in [2.05, 4.69) is 18.0 Å². The summed E-state index contributed by atoms with van der Waals surface area (Å²) in [6.45, 7) is 2.10. The number of nitrogens with zero attached hydrogens (tertiary/aromatic N) is 1. The molecule has 0 atom stereocenters. The lowest BCUT2D eigenvalue weighted by Crippen LogP contribution is -2.04. The highest BCUT2D eigenvalue weighted by Crippen LogP contribution is 2.31. The molecule has 2 aromatic rings. The van der Waals surface area contributed by atoms with E-state index in [9.17, 15) is 13.2 Å². The highest BCUT2D eigenvalue weighted by atomic mass is 19.4. The van der Waals surface area contributed by atoms with Crippen molar-refractivity contribution in [3.63, 3.8) is 0 Å². The maximum Gasteiger partial charge on any atom is 0.416 e. The van der Waals surface area contributed by atoms with Gasteiger partial charge in [0.2, 0.25) is 0 Å². The lowest BCUT2D eigenvalue weighted by molar-refractivity contribution is -0.137. The number of pyridine rings is 1. The second-order valence-electron chi connectivity index (χ2n) is 4.75. The van der Waals surface area contributed by atoms with E-state index in [-0.39, 0.29) is 0 Å². The summed E-state index contributed by atoms with van der Waals surface area (Å²) in [5, 5.41) is 0. The van der Waals surface area contributed by atoms with Crippen LogP contribution >= 0.6 is 0 Å². The molecular formula is C17H16F3N. The van der Waals surface area contributed by atoms with Crippen LogP contribution in [0.15, 0.2) is 48.7 Å². The highest BCUT2D eigenvalue weighted by molar-refractivity contribution is 5.62. The minimum Gasteiger partial charge on any atom is -0.256 e. The molecule has 110 valence electrons. The van der Waals surface area contributed by atoms with Crippen LogP contribution in [0.3, 0.4) is 0 Å². The first-order valence-corrected chi connectivity index (χ1v) is 6.81. The van der Waals surface area contributed by atoms with Crippen LogP contribution in [-0.2, 0) is 6.18 Å². The molecule has 0 saturated heterocycles. The highest BCUT2D eigenvalue weighted by Gasteiger charge is 2.30. The Bertz CT molecular complexity index is 613. The first-order chi connectivity index (χ1) is 10.0. The normalized spacial score (nSPS) is 12.0. The topological polar surface area (TPSA) is 12.9 Å². The molecule has 0 aliphatic heterocycles. The molecule has 0 bridgehead atoms. The third kappa shape index (κ3) is 4.18. The molecule has 21 heavy (non-hydrogen) atoms. The van der Waals surface area contributed by atoms with Crippen LogP contribution < -0.4 is 0 Å². The van der Waals surface area contributed by atoms with Gasteiger partial charge in [-0.05, 0) is 30.2 Å². The number of benzene rings is 1. The fraction of sp³-hybridized carbons (Fsp3) is 0.235. The van der Waals surface area contributed by atoms with Crippen LogP contribution in [0.4, 0.5) is 13.2 Å². The molecule has 0 unspecified atom stereocenters. The van der Waals surface area contributed by atoms with Crippen LogP contribution in [0, 0.1) is 0 Å². The smallest absolute Gasteiger partial charge is 0.256 e. The van der Waals surface area contributed by atoms with Crippen LogP contribution in [-0.4, -0.2) is 4.98 Å². The average molecular weight is 291 g/mol. The Morgan fingerprint density at radius 1 is 1.14 bits per heavy atom. The Labute approximate surface area is 122 Å². The second kappa shape index (κ2) is 6.57. The Hall–Kier alpha value is -2.10. The first kappa shape index (κ1) is 15.3. The molecule has 1 aromatic heterocycles. The fourth-order valence-electron chi connectivity index (χ4n) is 1.92. The van der Waals surface area contributed by atoms with Crippen molar-refractivity contribution in [3.05, 3.63) is 59.8 Å². The molecule has 0 amide bonds. The van der Waals surface area contributed by atoms with Gasteiger partial charge < -0.3 is 0 Å². The van der Waals surface area contributed by atoms with Gasteiger partial charge in [0.05, 0.1) is 11.3 Å². The number of halogens is 3. The van der Waals surface area contributed by atoms with Crippen molar-refractivity contribution in [1.29, 1.82) is 0 Å². The standard InChI is InChI=1S/C17H16F3N/c1-2-3-4-6-13-9-10-16(21-12-13)14-7-5-8-15(11-14)17(18,19)20/h4-12H,2-3H2,1H3. The van der Waals surface area contributed by atoms with E-state index in [1.807, 2.05) is 12.1 Å². The number of allylic oxidation sites excluding steroid dienone is 1. The zero-order valence-electron chi connectivity index (χ0n) is 11.7. The van der Waals surface area contributed by atoms with Gasteiger partial charge in [-0.15, -0.1) is 0 Å². The summed E-state index contributed by atoms with van der Waals surface area (Å²) in [4.78, 5) is 4.23. The summed E-state index contributed by atoms with van der Waals surface area (Å²) in [7, 11) is 0. The van der Waals surface area contributed by atoms with Crippen molar-refractivity contribution in [2.75, 3.05) is 0 Å². The van der Waals surface area contributed by atoms with Crippen molar-refractivity contribution in [3.8, 4) is 11.3 Å². The van der Waals surface area contributed by atoms with Crippen LogP contribution in [0.5, 0.6) is 0 Å². The Morgan fingerprint density at radius 3 is 2.57 bits per heavy atom. The molecule has 1 heterocycles. The number of hydrogen-bond donors (Lipinski definition) is 0. The Balaban J connectivity index is 2.23. The molecule has 0 aliphatic carbocycles. The number of hydrogen-bond acceptors (Lipinski definition) is 1. The van der Waals surface area contributed by atoms with Gasteiger partial charge in [-0.2, -0.15) is 13.2 Å². The number of alkyl halides is 3. The van der Waals surface area contributed by atoms with E-state index in [0.29, 0.717) is 11.3 Å². The van der Waals surface area contributed by atoms with E-state index in [4.69, 9.17) is 0 Å². The summed E-state index contributed by atoms with van der Waals surface area (Å²) in [5.41, 5.74) is 1.29. The summed E-state index contributed by atoms with van der Waals surface area (Å²) in [6, 6.07) is 8.80. The van der Waals surface area contributed by atoms with E-state index < -0.39 is 11.7 Å². The van der Waals surface area contributed by atoms with Crippen LogP contribution in [0.2, 0.25) is 0 Å². The molecule has 0 spiro atoms. The predicted molar refractivity (Wildman–Crippen MR) is 78.6 cm³/mol. The Morgan fingerprint density at radius 2 is 1.95 bits per heavy atom. The molecule has 4 heteroatoms. The monoisotopic (exact) mass is 291 g/mol. The summed E-state index contributed by atoms with van der Waals surface area (Å²) in [5.74, 6) is 0. The van der Waals surface area contributed by atoms with Crippen molar-refractivity contribution in [1.82, 2.24) is 4.98 Å². The molecule has 0 N–H and O–H groups in total. The third-order valence-electron chi connectivity index (χ3n) is 3.04. The van der Waals surface area contributed by atoms with Crippen molar-refractivity contribution in [2.24, 2.45) is 0 Å². The largest absolute Gasteiger partial charge is 0.416 e. The number of aromatic nitrogens is 1. The van der Waals surface area contributed by atoms with Crippen LogP contribution in [0.1, 0.15) is 30.9 Å². The summed E-state index contributed by atoms with van der Waals surface area (Å²) in [6.07, 6.45) is 3.43. The maximum absolute atomic E-state index is 12.7. The summed E-state index contributed by atoms with van der Waals surface area (Å²) < 4.78 is 38.1. The van der Waals surface area contributed by atoms with Gasteiger partial charge in [0.1, 0.15) is 0 Å². The number of rotatable bonds is 4.